The first-order valence-corrected chi connectivity index (χ1v) is 12.9. The summed E-state index contributed by atoms with van der Waals surface area (Å²) in [6, 6.07) is 8.40. The molecular weight excluding hydrogens is 452 g/mol. The van der Waals surface area contributed by atoms with E-state index in [0.29, 0.717) is 48.1 Å². The van der Waals surface area contributed by atoms with Crippen LogP contribution in [0, 0.1) is 0 Å². The number of nitrogens with one attached hydrogen (secondary N) is 1. The van der Waals surface area contributed by atoms with E-state index in [9.17, 15) is 9.59 Å². The highest BCUT2D eigenvalue weighted by atomic mass is 32.1. The van der Waals surface area contributed by atoms with Gasteiger partial charge in [0.2, 0.25) is 5.91 Å². The van der Waals surface area contributed by atoms with Gasteiger partial charge in [0.05, 0.1) is 19.1 Å². The maximum absolute atomic E-state index is 13.8. The zero-order valence-electron chi connectivity index (χ0n) is 20.4. The number of thiophene rings is 1. The molecule has 0 spiro atoms. The molecule has 0 aliphatic heterocycles. The van der Waals surface area contributed by atoms with E-state index < -0.39 is 6.04 Å². The maximum atomic E-state index is 13.8. The van der Waals surface area contributed by atoms with Crippen molar-refractivity contribution in [3.05, 3.63) is 46.2 Å². The second-order valence-electron chi connectivity index (χ2n) is 8.39. The lowest BCUT2D eigenvalue weighted by Crippen LogP contribution is -2.47. The number of benzene rings is 1. The van der Waals surface area contributed by atoms with Crippen LogP contribution in [0.1, 0.15) is 66.7 Å². The van der Waals surface area contributed by atoms with Crippen molar-refractivity contribution < 1.29 is 23.8 Å². The number of carbonyl (C=O) groups excluding carboxylic acids is 2. The summed E-state index contributed by atoms with van der Waals surface area (Å²) in [5.74, 6) is 0.768. The quantitative estimate of drug-likeness (QED) is 0.433. The fourth-order valence-corrected chi connectivity index (χ4v) is 5.07. The molecule has 3 rings (SSSR count). The molecule has 0 unspecified atom stereocenters. The van der Waals surface area contributed by atoms with Crippen molar-refractivity contribution in [3.63, 3.8) is 0 Å². The highest BCUT2D eigenvalue weighted by molar-refractivity contribution is 7.12. The SMILES string of the molecule is CCOCCCN(C(=O)c1cccs1)[C@@H](C(=O)NC1CCCCC1)c1ccc(OC)c(OC)c1. The lowest BCUT2D eigenvalue weighted by molar-refractivity contribution is -0.127. The molecule has 1 aromatic heterocycles. The largest absolute Gasteiger partial charge is 0.493 e. The Labute approximate surface area is 206 Å². The summed E-state index contributed by atoms with van der Waals surface area (Å²) in [6.45, 7) is 3.47. The molecular formula is C26H36N2O5S. The molecule has 0 radical (unpaired) electrons. The van der Waals surface area contributed by atoms with Crippen LogP contribution in [0.2, 0.25) is 0 Å². The van der Waals surface area contributed by atoms with E-state index in [-0.39, 0.29) is 17.9 Å². The van der Waals surface area contributed by atoms with Gasteiger partial charge in [0, 0.05) is 25.8 Å². The van der Waals surface area contributed by atoms with Gasteiger partial charge in [0.15, 0.2) is 11.5 Å². The molecule has 1 aliphatic rings. The molecule has 2 amide bonds. The molecule has 2 aromatic rings. The monoisotopic (exact) mass is 488 g/mol. The van der Waals surface area contributed by atoms with Crippen LogP contribution in [0.3, 0.4) is 0 Å². The Balaban J connectivity index is 1.97. The van der Waals surface area contributed by atoms with Crippen molar-refractivity contribution in [1.82, 2.24) is 10.2 Å². The van der Waals surface area contributed by atoms with Gasteiger partial charge in [-0.2, -0.15) is 0 Å². The van der Waals surface area contributed by atoms with Gasteiger partial charge in [-0.1, -0.05) is 31.4 Å². The Morgan fingerprint density at radius 1 is 1.12 bits per heavy atom. The molecule has 7 nitrogen and oxygen atoms in total. The lowest BCUT2D eigenvalue weighted by atomic mass is 9.94. The summed E-state index contributed by atoms with van der Waals surface area (Å²) >= 11 is 1.38. The number of rotatable bonds is 12. The molecule has 186 valence electrons. The van der Waals surface area contributed by atoms with Crippen molar-refractivity contribution in [3.8, 4) is 11.5 Å². The molecule has 8 heteroatoms. The van der Waals surface area contributed by atoms with Gasteiger partial charge < -0.3 is 24.4 Å². The number of nitrogens with zero attached hydrogens (tertiary/aromatic N) is 1. The summed E-state index contributed by atoms with van der Waals surface area (Å²) in [7, 11) is 3.14. The van der Waals surface area contributed by atoms with E-state index in [4.69, 9.17) is 14.2 Å². The number of carbonyl (C=O) groups is 2. The summed E-state index contributed by atoms with van der Waals surface area (Å²) in [5, 5.41) is 5.11. The minimum Gasteiger partial charge on any atom is -0.493 e. The van der Waals surface area contributed by atoms with E-state index in [1.165, 1.54) is 17.8 Å². The Morgan fingerprint density at radius 3 is 2.53 bits per heavy atom. The lowest BCUT2D eigenvalue weighted by Gasteiger charge is -2.33. The van der Waals surface area contributed by atoms with Crippen LogP contribution in [0.4, 0.5) is 0 Å². The van der Waals surface area contributed by atoms with Crippen LogP contribution in [-0.2, 0) is 9.53 Å². The summed E-state index contributed by atoms with van der Waals surface area (Å²) in [4.78, 5) is 29.7. The number of hydrogen-bond donors (Lipinski definition) is 1. The molecule has 1 atom stereocenters. The Morgan fingerprint density at radius 2 is 1.88 bits per heavy atom. The number of hydrogen-bond acceptors (Lipinski definition) is 6. The van der Waals surface area contributed by atoms with Crippen LogP contribution >= 0.6 is 11.3 Å². The van der Waals surface area contributed by atoms with Gasteiger partial charge in [-0.05, 0) is 55.3 Å². The number of amides is 2. The minimum absolute atomic E-state index is 0.131. The van der Waals surface area contributed by atoms with Gasteiger partial charge in [-0.25, -0.2) is 0 Å². The second-order valence-corrected chi connectivity index (χ2v) is 9.33. The van der Waals surface area contributed by atoms with E-state index in [0.717, 1.165) is 25.7 Å². The maximum Gasteiger partial charge on any atom is 0.264 e. The summed E-state index contributed by atoms with van der Waals surface area (Å²) in [5.41, 5.74) is 0.687. The molecule has 34 heavy (non-hydrogen) atoms. The normalized spacial score (nSPS) is 14.9. The van der Waals surface area contributed by atoms with Crippen molar-refractivity contribution >= 4 is 23.2 Å². The average Bonchev–Trinajstić information content (AvgIpc) is 3.41. The van der Waals surface area contributed by atoms with Gasteiger partial charge in [-0.3, -0.25) is 9.59 Å². The van der Waals surface area contributed by atoms with E-state index >= 15 is 0 Å². The van der Waals surface area contributed by atoms with Crippen LogP contribution < -0.4 is 14.8 Å². The average molecular weight is 489 g/mol. The summed E-state index contributed by atoms with van der Waals surface area (Å²) in [6.07, 6.45) is 5.98. The molecule has 1 N–H and O–H groups in total. The first kappa shape index (κ1) is 26.0. The zero-order chi connectivity index (χ0) is 24.3. The fraction of sp³-hybridized carbons (Fsp3) is 0.538. The molecule has 1 heterocycles. The van der Waals surface area contributed by atoms with E-state index in [1.807, 2.05) is 24.4 Å². The molecule has 1 saturated carbocycles. The summed E-state index contributed by atoms with van der Waals surface area (Å²) < 4.78 is 16.4. The first-order chi connectivity index (χ1) is 16.6. The van der Waals surface area contributed by atoms with Crippen molar-refractivity contribution in [2.24, 2.45) is 0 Å². The Bertz CT molecular complexity index is 912. The van der Waals surface area contributed by atoms with Crippen molar-refractivity contribution in [2.45, 2.75) is 57.5 Å². The molecule has 1 aliphatic carbocycles. The molecule has 0 bridgehead atoms. The van der Waals surface area contributed by atoms with Crippen LogP contribution in [0.15, 0.2) is 35.7 Å². The van der Waals surface area contributed by atoms with Gasteiger partial charge in [-0.15, -0.1) is 11.3 Å². The van der Waals surface area contributed by atoms with Crippen molar-refractivity contribution in [2.75, 3.05) is 34.0 Å². The van der Waals surface area contributed by atoms with Gasteiger partial charge in [0.1, 0.15) is 6.04 Å². The number of methoxy groups -OCH3 is 2. The van der Waals surface area contributed by atoms with E-state index in [1.54, 1.807) is 37.3 Å². The first-order valence-electron chi connectivity index (χ1n) is 12.0. The van der Waals surface area contributed by atoms with Crippen LogP contribution in [-0.4, -0.2) is 56.7 Å². The standard InChI is InChI=1S/C26H36N2O5S/c1-4-33-16-9-15-28(26(30)23-12-8-17-34-23)24(25(29)27-20-10-6-5-7-11-20)19-13-14-21(31-2)22(18-19)32-3/h8,12-14,17-18,20,24H,4-7,9-11,15-16H2,1-3H3,(H,27,29)/t24-/m1/s1. The van der Waals surface area contributed by atoms with Crippen LogP contribution in [0.5, 0.6) is 11.5 Å². The van der Waals surface area contributed by atoms with Gasteiger partial charge in [0.25, 0.3) is 5.91 Å². The Kier molecular flexibility index (Phi) is 10.2. The number of ether oxygens (including phenoxy) is 3. The third-order valence-corrected chi connectivity index (χ3v) is 6.98. The van der Waals surface area contributed by atoms with Crippen LogP contribution in [0.25, 0.3) is 0 Å². The Hall–Kier alpha value is -2.58. The van der Waals surface area contributed by atoms with E-state index in [2.05, 4.69) is 5.32 Å². The predicted octanol–water partition coefficient (Wildman–Crippen LogP) is 4.82. The molecule has 1 fully saturated rings. The smallest absolute Gasteiger partial charge is 0.264 e. The molecule has 1 aromatic carbocycles. The second kappa shape index (κ2) is 13.3. The fourth-order valence-electron chi connectivity index (χ4n) is 4.39. The zero-order valence-corrected chi connectivity index (χ0v) is 21.2. The third kappa shape index (κ3) is 6.73. The molecule has 0 saturated heterocycles. The van der Waals surface area contributed by atoms with Gasteiger partial charge >= 0.3 is 0 Å². The topological polar surface area (TPSA) is 77.1 Å². The van der Waals surface area contributed by atoms with Crippen molar-refractivity contribution in [1.29, 1.82) is 0 Å². The predicted molar refractivity (Wildman–Crippen MR) is 134 cm³/mol. The minimum atomic E-state index is -0.794. The third-order valence-electron chi connectivity index (χ3n) is 6.12. The highest BCUT2D eigenvalue weighted by Crippen LogP contribution is 2.33. The highest BCUT2D eigenvalue weighted by Gasteiger charge is 2.34.